The molecular weight excluding hydrogens is 358 g/mol. The molecule has 3 aromatic rings. The fraction of sp³-hybridized carbons (Fsp3) is 0.190. The molecule has 0 aliphatic rings. The number of pyridine rings is 1. The van der Waals surface area contributed by atoms with Crippen molar-refractivity contribution < 1.29 is 8.42 Å². The number of aromatic nitrogens is 1. The summed E-state index contributed by atoms with van der Waals surface area (Å²) in [6, 6.07) is 18.5. The second kappa shape index (κ2) is 7.80. The highest BCUT2D eigenvalue weighted by Crippen LogP contribution is 2.22. The molecule has 2 N–H and O–H groups in total. The number of sulfonamides is 1. The van der Waals surface area contributed by atoms with Gasteiger partial charge in [-0.2, -0.15) is 0 Å². The minimum Gasteiger partial charge on any atom is -0.354 e. The smallest absolute Gasteiger partial charge is 0.263 e. The number of nitrogens with one attached hydrogen (secondary N) is 2. The molecule has 0 bridgehead atoms. The molecule has 1 heterocycles. The van der Waals surface area contributed by atoms with Crippen molar-refractivity contribution in [2.75, 3.05) is 10.0 Å². The largest absolute Gasteiger partial charge is 0.354 e. The van der Waals surface area contributed by atoms with Crippen LogP contribution >= 0.6 is 0 Å². The molecule has 0 saturated carbocycles. The summed E-state index contributed by atoms with van der Waals surface area (Å²) in [5, 5.41) is 3.26. The summed E-state index contributed by atoms with van der Waals surface area (Å²) in [5.41, 5.74) is 3.70. The van der Waals surface area contributed by atoms with Crippen molar-refractivity contribution in [1.82, 2.24) is 4.98 Å². The quantitative estimate of drug-likeness (QED) is 0.626. The van der Waals surface area contributed by atoms with Gasteiger partial charge in [-0.05, 0) is 54.3 Å². The van der Waals surface area contributed by atoms with Crippen LogP contribution in [0.1, 0.15) is 30.9 Å². The molecule has 140 valence electrons. The predicted molar refractivity (Wildman–Crippen MR) is 110 cm³/mol. The molecule has 0 aliphatic heterocycles. The molecule has 0 amide bonds. The van der Waals surface area contributed by atoms with Gasteiger partial charge in [-0.25, -0.2) is 13.4 Å². The van der Waals surface area contributed by atoms with Crippen LogP contribution in [0.3, 0.4) is 0 Å². The molecule has 1 aromatic heterocycles. The molecular formula is C21H23N3O2S. The Hall–Kier alpha value is -2.86. The lowest BCUT2D eigenvalue weighted by atomic mass is 10.0. The summed E-state index contributed by atoms with van der Waals surface area (Å²) in [7, 11) is -3.66. The first-order chi connectivity index (χ1) is 12.8. The number of nitrogens with zero attached hydrogens (tertiary/aromatic N) is 1. The van der Waals surface area contributed by atoms with Crippen LogP contribution < -0.4 is 10.0 Å². The summed E-state index contributed by atoms with van der Waals surface area (Å²) in [5.74, 6) is 0.764. The van der Waals surface area contributed by atoms with Gasteiger partial charge in [0.15, 0.2) is 0 Å². The molecule has 0 atom stereocenters. The van der Waals surface area contributed by atoms with E-state index in [2.05, 4.69) is 41.0 Å². The highest BCUT2D eigenvalue weighted by atomic mass is 32.2. The Labute approximate surface area is 160 Å². The van der Waals surface area contributed by atoms with E-state index < -0.39 is 10.0 Å². The van der Waals surface area contributed by atoms with E-state index in [4.69, 9.17) is 0 Å². The van der Waals surface area contributed by atoms with Gasteiger partial charge in [0, 0.05) is 5.69 Å². The number of benzene rings is 2. The van der Waals surface area contributed by atoms with Crippen LogP contribution in [-0.2, 0) is 10.0 Å². The molecule has 0 spiro atoms. The van der Waals surface area contributed by atoms with Crippen LogP contribution in [0.5, 0.6) is 0 Å². The second-order valence-electron chi connectivity index (χ2n) is 6.70. The Balaban J connectivity index is 1.71. The lowest BCUT2D eigenvalue weighted by Gasteiger charge is -2.11. The van der Waals surface area contributed by atoms with E-state index in [0.29, 0.717) is 11.5 Å². The SMILES string of the molecule is Cc1ccccc1S(=O)(=O)Nc1ccc(Nc2ccc(C(C)C)cc2)cn1. The van der Waals surface area contributed by atoms with Crippen molar-refractivity contribution >= 4 is 27.2 Å². The Morgan fingerprint density at radius 2 is 1.56 bits per heavy atom. The van der Waals surface area contributed by atoms with Gasteiger partial charge >= 0.3 is 0 Å². The van der Waals surface area contributed by atoms with E-state index in [9.17, 15) is 8.42 Å². The number of rotatable bonds is 6. The summed E-state index contributed by atoms with van der Waals surface area (Å²) in [6.07, 6.45) is 1.60. The molecule has 0 radical (unpaired) electrons. The van der Waals surface area contributed by atoms with Crippen molar-refractivity contribution in [1.29, 1.82) is 0 Å². The lowest BCUT2D eigenvalue weighted by Crippen LogP contribution is -2.15. The minimum absolute atomic E-state index is 0.249. The Morgan fingerprint density at radius 3 is 2.15 bits per heavy atom. The average Bonchev–Trinajstić information content (AvgIpc) is 2.64. The first-order valence-corrected chi connectivity index (χ1v) is 10.2. The third kappa shape index (κ3) is 4.65. The van der Waals surface area contributed by atoms with E-state index in [1.165, 1.54) is 5.56 Å². The zero-order valence-electron chi connectivity index (χ0n) is 15.6. The van der Waals surface area contributed by atoms with Crippen molar-refractivity contribution in [2.45, 2.75) is 31.6 Å². The highest BCUT2D eigenvalue weighted by molar-refractivity contribution is 7.92. The topological polar surface area (TPSA) is 71.1 Å². The van der Waals surface area contributed by atoms with Crippen LogP contribution in [0.25, 0.3) is 0 Å². The first kappa shape index (κ1) is 18.9. The van der Waals surface area contributed by atoms with Crippen LogP contribution in [0, 0.1) is 6.92 Å². The van der Waals surface area contributed by atoms with Crippen LogP contribution in [0.15, 0.2) is 71.8 Å². The van der Waals surface area contributed by atoms with Gasteiger partial charge in [0.05, 0.1) is 16.8 Å². The van der Waals surface area contributed by atoms with Crippen molar-refractivity contribution in [3.63, 3.8) is 0 Å². The molecule has 6 heteroatoms. The maximum Gasteiger partial charge on any atom is 0.263 e. The summed E-state index contributed by atoms with van der Waals surface area (Å²) in [4.78, 5) is 4.46. The molecule has 0 unspecified atom stereocenters. The van der Waals surface area contributed by atoms with Gasteiger partial charge in [0.2, 0.25) is 0 Å². The maximum absolute atomic E-state index is 12.5. The number of aryl methyl sites for hydroxylation is 1. The Morgan fingerprint density at radius 1 is 0.889 bits per heavy atom. The van der Waals surface area contributed by atoms with Gasteiger partial charge in [-0.3, -0.25) is 4.72 Å². The molecule has 0 saturated heterocycles. The van der Waals surface area contributed by atoms with Crippen molar-refractivity contribution in [3.8, 4) is 0 Å². The van der Waals surface area contributed by atoms with E-state index >= 15 is 0 Å². The minimum atomic E-state index is -3.66. The molecule has 0 fully saturated rings. The second-order valence-corrected chi connectivity index (χ2v) is 8.36. The molecule has 5 nitrogen and oxygen atoms in total. The van der Waals surface area contributed by atoms with Gasteiger partial charge < -0.3 is 5.32 Å². The lowest BCUT2D eigenvalue weighted by molar-refractivity contribution is 0.600. The normalized spacial score (nSPS) is 11.4. The molecule has 2 aromatic carbocycles. The maximum atomic E-state index is 12.5. The van der Waals surface area contributed by atoms with Crippen LogP contribution in [-0.4, -0.2) is 13.4 Å². The average molecular weight is 382 g/mol. The third-order valence-electron chi connectivity index (χ3n) is 4.25. The third-order valence-corrected chi connectivity index (χ3v) is 5.77. The number of hydrogen-bond donors (Lipinski definition) is 2. The van der Waals surface area contributed by atoms with Gasteiger partial charge in [0.25, 0.3) is 10.0 Å². The van der Waals surface area contributed by atoms with Crippen LogP contribution in [0.4, 0.5) is 17.2 Å². The Bertz CT molecular complexity index is 1010. The zero-order valence-corrected chi connectivity index (χ0v) is 16.4. The van der Waals surface area contributed by atoms with Gasteiger partial charge in [-0.1, -0.05) is 44.2 Å². The van der Waals surface area contributed by atoms with E-state index in [1.54, 1.807) is 49.5 Å². The number of anilines is 3. The van der Waals surface area contributed by atoms with Crippen molar-refractivity contribution in [2.24, 2.45) is 0 Å². The number of hydrogen-bond acceptors (Lipinski definition) is 4. The van der Waals surface area contributed by atoms with E-state index in [-0.39, 0.29) is 10.7 Å². The predicted octanol–water partition coefficient (Wildman–Crippen LogP) is 5.06. The standard InChI is InChI=1S/C21H23N3O2S/c1-15(2)17-8-10-18(11-9-17)23-19-12-13-21(22-14-19)24-27(25,26)20-7-5-4-6-16(20)3/h4-15,23H,1-3H3,(H,22,24). The molecule has 27 heavy (non-hydrogen) atoms. The van der Waals surface area contributed by atoms with Gasteiger partial charge in [0.1, 0.15) is 5.82 Å². The fourth-order valence-corrected chi connectivity index (χ4v) is 3.95. The Kier molecular flexibility index (Phi) is 5.46. The van der Waals surface area contributed by atoms with Gasteiger partial charge in [-0.15, -0.1) is 0 Å². The fourth-order valence-electron chi connectivity index (χ4n) is 2.70. The molecule has 0 aliphatic carbocycles. The highest BCUT2D eigenvalue weighted by Gasteiger charge is 2.16. The van der Waals surface area contributed by atoms with E-state index in [0.717, 1.165) is 11.4 Å². The summed E-state index contributed by atoms with van der Waals surface area (Å²) in [6.45, 7) is 6.08. The first-order valence-electron chi connectivity index (χ1n) is 8.76. The summed E-state index contributed by atoms with van der Waals surface area (Å²) >= 11 is 0. The molecule has 3 rings (SSSR count). The van der Waals surface area contributed by atoms with Crippen molar-refractivity contribution in [3.05, 3.63) is 78.0 Å². The monoisotopic (exact) mass is 381 g/mol. The summed E-state index contributed by atoms with van der Waals surface area (Å²) < 4.78 is 27.6. The van der Waals surface area contributed by atoms with E-state index in [1.807, 2.05) is 12.1 Å². The van der Waals surface area contributed by atoms with Crippen LogP contribution in [0.2, 0.25) is 0 Å². The zero-order chi connectivity index (χ0) is 19.4.